The summed E-state index contributed by atoms with van der Waals surface area (Å²) in [6.45, 7) is 6.18. The highest BCUT2D eigenvalue weighted by atomic mass is 32.2. The molecule has 3 aromatic rings. The van der Waals surface area contributed by atoms with Gasteiger partial charge in [-0.3, -0.25) is 4.90 Å². The van der Waals surface area contributed by atoms with Crippen LogP contribution in [0.3, 0.4) is 0 Å². The van der Waals surface area contributed by atoms with Gasteiger partial charge in [0.15, 0.2) is 0 Å². The van der Waals surface area contributed by atoms with Crippen molar-refractivity contribution >= 4 is 44.1 Å². The number of hydrogen-bond donors (Lipinski definition) is 1. The second-order valence-electron chi connectivity index (χ2n) is 5.53. The Morgan fingerprint density at radius 3 is 2.68 bits per heavy atom. The summed E-state index contributed by atoms with van der Waals surface area (Å²) in [6.07, 6.45) is 0. The number of likely N-dealkylation sites (N-methyl/N-ethyl adjacent to an activating group) is 1. The summed E-state index contributed by atoms with van der Waals surface area (Å²) in [5, 5.41) is 4.09. The van der Waals surface area contributed by atoms with E-state index in [0.717, 1.165) is 30.4 Å². The third-order valence-corrected chi connectivity index (χ3v) is 6.89. The fraction of sp³-hybridized carbons (Fsp3) is 0.375. The van der Waals surface area contributed by atoms with Gasteiger partial charge < -0.3 is 0 Å². The van der Waals surface area contributed by atoms with E-state index in [0.29, 0.717) is 17.6 Å². The molecule has 1 N–H and O–H groups in total. The van der Waals surface area contributed by atoms with Crippen molar-refractivity contribution in [1.82, 2.24) is 18.4 Å². The van der Waals surface area contributed by atoms with E-state index < -0.39 is 10.0 Å². The first-order valence-corrected chi connectivity index (χ1v) is 11.2. The lowest BCUT2D eigenvalue weighted by Gasteiger charge is -2.29. The zero-order chi connectivity index (χ0) is 17.9. The molecule has 0 aliphatic rings. The predicted octanol–water partition coefficient (Wildman–Crippen LogP) is 3.11. The monoisotopic (exact) mass is 396 g/mol. The molecule has 6 nitrogen and oxygen atoms in total. The normalized spacial score (nSPS) is 13.6. The molecule has 0 saturated carbocycles. The Morgan fingerprint density at radius 2 is 2.00 bits per heavy atom. The van der Waals surface area contributed by atoms with Crippen molar-refractivity contribution in [3.05, 3.63) is 40.6 Å². The van der Waals surface area contributed by atoms with Gasteiger partial charge in [0.1, 0.15) is 15.9 Å². The topological polar surface area (TPSA) is 75.2 Å². The lowest BCUT2D eigenvalue weighted by Crippen LogP contribution is -2.37. The Morgan fingerprint density at radius 1 is 1.20 bits per heavy atom. The van der Waals surface area contributed by atoms with Gasteiger partial charge in [-0.05, 0) is 47.6 Å². The van der Waals surface area contributed by atoms with E-state index in [9.17, 15) is 8.42 Å². The summed E-state index contributed by atoms with van der Waals surface area (Å²) in [6, 6.07) is 7.08. The number of aromatic nitrogens is 2. The van der Waals surface area contributed by atoms with E-state index in [1.807, 2.05) is 11.4 Å². The SMILES string of the molecule is CCN(CC)C(CNS(=O)(=O)c1cccc2nsnc12)c1ccsc1. The fourth-order valence-corrected chi connectivity index (χ4v) is 5.36. The second-order valence-corrected chi connectivity index (χ2v) is 8.58. The minimum absolute atomic E-state index is 0.00351. The van der Waals surface area contributed by atoms with Crippen LogP contribution in [0.5, 0.6) is 0 Å². The third-order valence-electron chi connectivity index (χ3n) is 4.19. The summed E-state index contributed by atoms with van der Waals surface area (Å²) in [4.78, 5) is 2.43. The van der Waals surface area contributed by atoms with Crippen LogP contribution < -0.4 is 4.72 Å². The van der Waals surface area contributed by atoms with E-state index in [4.69, 9.17) is 0 Å². The second kappa shape index (κ2) is 7.88. The van der Waals surface area contributed by atoms with Crippen LogP contribution in [0.15, 0.2) is 39.9 Å². The number of hydrogen-bond acceptors (Lipinski definition) is 7. The maximum atomic E-state index is 12.8. The summed E-state index contributed by atoms with van der Waals surface area (Å²) in [7, 11) is -3.66. The molecule has 0 aliphatic carbocycles. The first-order chi connectivity index (χ1) is 12.1. The highest BCUT2D eigenvalue weighted by Crippen LogP contribution is 2.24. The molecule has 3 rings (SSSR count). The summed E-state index contributed by atoms with van der Waals surface area (Å²) in [5.41, 5.74) is 2.16. The number of benzene rings is 1. The quantitative estimate of drug-likeness (QED) is 0.633. The van der Waals surface area contributed by atoms with Crippen LogP contribution in [0.4, 0.5) is 0 Å². The van der Waals surface area contributed by atoms with Crippen LogP contribution >= 0.6 is 23.1 Å². The van der Waals surface area contributed by atoms with Gasteiger partial charge in [0, 0.05) is 12.6 Å². The molecule has 0 saturated heterocycles. The Bertz CT molecular complexity index is 918. The van der Waals surface area contributed by atoms with Crippen LogP contribution in [0.1, 0.15) is 25.5 Å². The van der Waals surface area contributed by atoms with Gasteiger partial charge in [-0.1, -0.05) is 19.9 Å². The summed E-state index contributed by atoms with van der Waals surface area (Å²) < 4.78 is 36.7. The Balaban J connectivity index is 1.86. The molecule has 0 spiro atoms. The van der Waals surface area contributed by atoms with Crippen LogP contribution in [-0.2, 0) is 10.0 Å². The van der Waals surface area contributed by atoms with Crippen molar-refractivity contribution in [2.45, 2.75) is 24.8 Å². The van der Waals surface area contributed by atoms with Crippen LogP contribution in [0.25, 0.3) is 11.0 Å². The van der Waals surface area contributed by atoms with E-state index in [2.05, 4.69) is 37.6 Å². The summed E-state index contributed by atoms with van der Waals surface area (Å²) >= 11 is 2.64. The zero-order valence-corrected chi connectivity index (χ0v) is 16.5. The van der Waals surface area contributed by atoms with Crippen LogP contribution in [-0.4, -0.2) is 41.7 Å². The Labute approximate surface area is 155 Å². The van der Waals surface area contributed by atoms with Crippen molar-refractivity contribution < 1.29 is 8.42 Å². The smallest absolute Gasteiger partial charge is 0.242 e. The molecular weight excluding hydrogens is 376 g/mol. The van der Waals surface area contributed by atoms with Gasteiger partial charge in [-0.15, -0.1) is 0 Å². The number of nitrogens with one attached hydrogen (secondary N) is 1. The van der Waals surface area contributed by atoms with Crippen molar-refractivity contribution in [3.63, 3.8) is 0 Å². The average molecular weight is 397 g/mol. The minimum Gasteiger partial charge on any atom is -0.296 e. The third kappa shape index (κ3) is 3.90. The first-order valence-electron chi connectivity index (χ1n) is 8.04. The molecule has 134 valence electrons. The van der Waals surface area contributed by atoms with E-state index >= 15 is 0 Å². The van der Waals surface area contributed by atoms with Crippen molar-refractivity contribution in [1.29, 1.82) is 0 Å². The molecule has 2 heterocycles. The van der Waals surface area contributed by atoms with E-state index in [1.165, 1.54) is 0 Å². The average Bonchev–Trinajstić information content (AvgIpc) is 3.29. The van der Waals surface area contributed by atoms with Gasteiger partial charge >= 0.3 is 0 Å². The molecule has 0 radical (unpaired) electrons. The number of rotatable bonds is 8. The largest absolute Gasteiger partial charge is 0.296 e. The standard InChI is InChI=1S/C16H20N4O2S3/c1-3-20(4-2)14(12-8-9-23-11-12)10-17-25(21,22)15-7-5-6-13-16(15)19-24-18-13/h5-9,11,14,17H,3-4,10H2,1-2H3. The zero-order valence-electron chi connectivity index (χ0n) is 14.0. The van der Waals surface area contributed by atoms with Gasteiger partial charge in [-0.25, -0.2) is 13.1 Å². The lowest BCUT2D eigenvalue weighted by atomic mass is 10.1. The van der Waals surface area contributed by atoms with Gasteiger partial charge in [0.25, 0.3) is 0 Å². The molecule has 0 amide bonds. The highest BCUT2D eigenvalue weighted by molar-refractivity contribution is 7.89. The molecule has 1 unspecified atom stereocenters. The molecule has 0 aliphatic heterocycles. The maximum Gasteiger partial charge on any atom is 0.242 e. The molecule has 25 heavy (non-hydrogen) atoms. The Kier molecular flexibility index (Phi) is 5.80. The van der Waals surface area contributed by atoms with Gasteiger partial charge in [-0.2, -0.15) is 20.1 Å². The molecule has 0 fully saturated rings. The number of nitrogens with zero attached hydrogens (tertiary/aromatic N) is 3. The van der Waals surface area contributed by atoms with E-state index in [-0.39, 0.29) is 10.9 Å². The van der Waals surface area contributed by atoms with Crippen molar-refractivity contribution in [2.75, 3.05) is 19.6 Å². The number of thiophene rings is 1. The predicted molar refractivity (Wildman–Crippen MR) is 103 cm³/mol. The molecular formula is C16H20N4O2S3. The first kappa shape index (κ1) is 18.4. The number of sulfonamides is 1. The lowest BCUT2D eigenvalue weighted by molar-refractivity contribution is 0.220. The van der Waals surface area contributed by atoms with E-state index in [1.54, 1.807) is 29.5 Å². The maximum absolute atomic E-state index is 12.8. The Hall–Kier alpha value is -1.39. The molecule has 1 aromatic carbocycles. The van der Waals surface area contributed by atoms with Crippen molar-refractivity contribution in [2.24, 2.45) is 0 Å². The minimum atomic E-state index is -3.66. The fourth-order valence-electron chi connectivity index (χ4n) is 2.85. The molecule has 2 aromatic heterocycles. The number of fused-ring (bicyclic) bond motifs is 1. The molecule has 0 bridgehead atoms. The summed E-state index contributed by atoms with van der Waals surface area (Å²) in [5.74, 6) is 0. The van der Waals surface area contributed by atoms with Crippen molar-refractivity contribution in [3.8, 4) is 0 Å². The molecule has 1 atom stereocenters. The van der Waals surface area contributed by atoms with Crippen LogP contribution in [0.2, 0.25) is 0 Å². The highest BCUT2D eigenvalue weighted by Gasteiger charge is 2.24. The van der Waals surface area contributed by atoms with Gasteiger partial charge in [0.2, 0.25) is 10.0 Å². The molecule has 9 heteroatoms. The van der Waals surface area contributed by atoms with Crippen LogP contribution in [0, 0.1) is 0 Å². The van der Waals surface area contributed by atoms with Gasteiger partial charge in [0.05, 0.1) is 11.7 Å².